The number of carbonyl (C=O) groups excluding carboxylic acids is 2. The van der Waals surface area contributed by atoms with Gasteiger partial charge in [0.05, 0.1) is 24.9 Å². The van der Waals surface area contributed by atoms with E-state index in [-0.39, 0.29) is 0 Å². The summed E-state index contributed by atoms with van der Waals surface area (Å²) in [5, 5.41) is 2.73. The molecule has 0 aromatic heterocycles. The maximum atomic E-state index is 11.8. The van der Waals surface area contributed by atoms with Crippen molar-refractivity contribution in [2.45, 2.75) is 13.0 Å². The fraction of sp³-hybridized carbons (Fsp3) is 0.286. The molecule has 1 aromatic carbocycles. The van der Waals surface area contributed by atoms with Crippen LogP contribution >= 0.6 is 11.6 Å². The number of carbonyl (C=O) groups is 2. The molecule has 21 heavy (non-hydrogen) atoms. The Morgan fingerprint density at radius 3 is 2.52 bits per heavy atom. The summed E-state index contributed by atoms with van der Waals surface area (Å²) in [4.78, 5) is 23.3. The first-order valence-corrected chi connectivity index (χ1v) is 6.31. The number of halogens is 1. The fourth-order valence-electron chi connectivity index (χ4n) is 1.43. The second kappa shape index (κ2) is 7.54. The van der Waals surface area contributed by atoms with Crippen molar-refractivity contribution in [3.8, 4) is 5.75 Å². The van der Waals surface area contributed by atoms with Crippen molar-refractivity contribution in [2.75, 3.05) is 19.5 Å². The molecule has 0 bridgehead atoms. The Kier molecular flexibility index (Phi) is 6.05. The van der Waals surface area contributed by atoms with Crippen molar-refractivity contribution in [1.29, 1.82) is 0 Å². The standard InChI is InChI=1S/C14H16ClNO5/c1-8(2)12(13(17)20-4)21-14(18)16-11-7-9(19-3)5-6-10(11)15/h5-7,12H,1H2,2-4H3,(H,16,18). The Labute approximate surface area is 127 Å². The molecular formula is C14H16ClNO5. The molecule has 1 N–H and O–H groups in total. The summed E-state index contributed by atoms with van der Waals surface area (Å²) in [5.41, 5.74) is 0.639. The molecule has 0 fully saturated rings. The molecule has 1 rings (SSSR count). The molecule has 0 aliphatic heterocycles. The summed E-state index contributed by atoms with van der Waals surface area (Å²) in [6.45, 7) is 5.13. The number of nitrogens with one attached hydrogen (secondary N) is 1. The van der Waals surface area contributed by atoms with Gasteiger partial charge in [0, 0.05) is 6.07 Å². The number of esters is 1. The molecule has 0 saturated heterocycles. The summed E-state index contributed by atoms with van der Waals surface area (Å²) >= 11 is 5.95. The highest BCUT2D eigenvalue weighted by Gasteiger charge is 2.24. The van der Waals surface area contributed by atoms with Crippen LogP contribution in [0.2, 0.25) is 5.02 Å². The van der Waals surface area contributed by atoms with Gasteiger partial charge in [0.15, 0.2) is 0 Å². The van der Waals surface area contributed by atoms with E-state index in [4.69, 9.17) is 21.1 Å². The van der Waals surface area contributed by atoms with Crippen LogP contribution in [0.15, 0.2) is 30.4 Å². The van der Waals surface area contributed by atoms with E-state index in [9.17, 15) is 9.59 Å². The third-order valence-corrected chi connectivity index (χ3v) is 2.83. The van der Waals surface area contributed by atoms with E-state index in [1.54, 1.807) is 19.1 Å². The molecular weight excluding hydrogens is 298 g/mol. The van der Waals surface area contributed by atoms with Gasteiger partial charge in [-0.1, -0.05) is 18.2 Å². The van der Waals surface area contributed by atoms with Crippen LogP contribution in [0.25, 0.3) is 0 Å². The first kappa shape index (κ1) is 16.8. The minimum absolute atomic E-state index is 0.298. The third kappa shape index (κ3) is 4.68. The zero-order chi connectivity index (χ0) is 16.0. The van der Waals surface area contributed by atoms with Crippen LogP contribution in [-0.2, 0) is 14.3 Å². The summed E-state index contributed by atoms with van der Waals surface area (Å²) in [6.07, 6.45) is -2.04. The van der Waals surface area contributed by atoms with Crippen LogP contribution in [0.4, 0.5) is 10.5 Å². The van der Waals surface area contributed by atoms with Crippen LogP contribution in [0.3, 0.4) is 0 Å². The number of benzene rings is 1. The van der Waals surface area contributed by atoms with Crippen LogP contribution in [0.1, 0.15) is 6.92 Å². The van der Waals surface area contributed by atoms with Crippen LogP contribution in [-0.4, -0.2) is 32.4 Å². The van der Waals surface area contributed by atoms with E-state index < -0.39 is 18.2 Å². The average molecular weight is 314 g/mol. The van der Waals surface area contributed by atoms with E-state index in [0.717, 1.165) is 0 Å². The largest absolute Gasteiger partial charge is 0.497 e. The molecule has 0 aliphatic rings. The molecule has 114 valence electrons. The van der Waals surface area contributed by atoms with Crippen LogP contribution in [0.5, 0.6) is 5.75 Å². The van der Waals surface area contributed by atoms with Gasteiger partial charge in [0.1, 0.15) is 5.75 Å². The molecule has 1 aromatic rings. The molecule has 7 heteroatoms. The summed E-state index contributed by atoms with van der Waals surface area (Å²) in [5.74, 6) is -0.200. The topological polar surface area (TPSA) is 73.9 Å². The lowest BCUT2D eigenvalue weighted by molar-refractivity contribution is -0.148. The van der Waals surface area contributed by atoms with E-state index in [1.807, 2.05) is 0 Å². The van der Waals surface area contributed by atoms with Gasteiger partial charge in [0.25, 0.3) is 0 Å². The number of rotatable bonds is 5. The van der Waals surface area contributed by atoms with E-state index in [0.29, 0.717) is 22.0 Å². The van der Waals surface area contributed by atoms with Gasteiger partial charge in [-0.15, -0.1) is 0 Å². The summed E-state index contributed by atoms with van der Waals surface area (Å²) in [7, 11) is 2.68. The van der Waals surface area contributed by atoms with E-state index in [1.165, 1.54) is 20.3 Å². The van der Waals surface area contributed by atoms with Crippen LogP contribution in [0, 0.1) is 0 Å². The van der Waals surface area contributed by atoms with E-state index >= 15 is 0 Å². The van der Waals surface area contributed by atoms with Gasteiger partial charge in [-0.05, 0) is 24.6 Å². The van der Waals surface area contributed by atoms with E-state index in [2.05, 4.69) is 16.6 Å². The van der Waals surface area contributed by atoms with Gasteiger partial charge < -0.3 is 14.2 Å². The highest BCUT2D eigenvalue weighted by Crippen LogP contribution is 2.26. The normalized spacial score (nSPS) is 11.2. The van der Waals surface area contributed by atoms with Gasteiger partial charge in [-0.25, -0.2) is 9.59 Å². The minimum Gasteiger partial charge on any atom is -0.497 e. The Hall–Kier alpha value is -2.21. The lowest BCUT2D eigenvalue weighted by atomic mass is 10.2. The maximum absolute atomic E-state index is 11.8. The Morgan fingerprint density at radius 1 is 1.33 bits per heavy atom. The number of hydrogen-bond acceptors (Lipinski definition) is 5. The van der Waals surface area contributed by atoms with Gasteiger partial charge >= 0.3 is 12.1 Å². The Morgan fingerprint density at radius 2 is 2.00 bits per heavy atom. The summed E-state index contributed by atoms with van der Waals surface area (Å²) in [6, 6.07) is 4.73. The van der Waals surface area contributed by atoms with Crippen molar-refractivity contribution >= 4 is 29.4 Å². The average Bonchev–Trinajstić information content (AvgIpc) is 2.46. The second-order valence-corrected chi connectivity index (χ2v) is 4.53. The van der Waals surface area contributed by atoms with Crippen molar-refractivity contribution in [3.63, 3.8) is 0 Å². The smallest absolute Gasteiger partial charge is 0.412 e. The summed E-state index contributed by atoms with van der Waals surface area (Å²) < 4.78 is 14.5. The second-order valence-electron chi connectivity index (χ2n) is 4.13. The third-order valence-electron chi connectivity index (χ3n) is 2.50. The van der Waals surface area contributed by atoms with Crippen molar-refractivity contribution in [1.82, 2.24) is 0 Å². The van der Waals surface area contributed by atoms with Gasteiger partial charge in [-0.3, -0.25) is 5.32 Å². The molecule has 1 atom stereocenters. The molecule has 1 amide bonds. The number of ether oxygens (including phenoxy) is 3. The predicted molar refractivity (Wildman–Crippen MR) is 78.7 cm³/mol. The van der Waals surface area contributed by atoms with Crippen LogP contribution < -0.4 is 10.1 Å². The fourth-order valence-corrected chi connectivity index (χ4v) is 1.60. The Balaban J connectivity index is 2.81. The number of amides is 1. The lowest BCUT2D eigenvalue weighted by Crippen LogP contribution is -2.31. The monoisotopic (exact) mass is 313 g/mol. The van der Waals surface area contributed by atoms with Crippen molar-refractivity contribution in [2.24, 2.45) is 0 Å². The zero-order valence-electron chi connectivity index (χ0n) is 11.9. The first-order chi connectivity index (χ1) is 9.88. The first-order valence-electron chi connectivity index (χ1n) is 5.93. The zero-order valence-corrected chi connectivity index (χ0v) is 12.7. The molecule has 0 spiro atoms. The Bertz CT molecular complexity index is 558. The number of methoxy groups -OCH3 is 2. The van der Waals surface area contributed by atoms with Gasteiger partial charge in [0.2, 0.25) is 6.10 Å². The highest BCUT2D eigenvalue weighted by molar-refractivity contribution is 6.33. The number of hydrogen-bond donors (Lipinski definition) is 1. The predicted octanol–water partition coefficient (Wildman–Crippen LogP) is 3.01. The van der Waals surface area contributed by atoms with Crippen molar-refractivity contribution in [3.05, 3.63) is 35.4 Å². The number of anilines is 1. The minimum atomic E-state index is -1.18. The quantitative estimate of drug-likeness (QED) is 0.668. The lowest BCUT2D eigenvalue weighted by Gasteiger charge is -2.16. The molecule has 0 saturated carbocycles. The SMILES string of the molecule is C=C(C)C(OC(=O)Nc1cc(OC)ccc1Cl)C(=O)OC. The molecule has 6 nitrogen and oxygen atoms in total. The van der Waals surface area contributed by atoms with Crippen molar-refractivity contribution < 1.29 is 23.8 Å². The van der Waals surface area contributed by atoms with Gasteiger partial charge in [-0.2, -0.15) is 0 Å². The molecule has 0 heterocycles. The molecule has 1 unspecified atom stereocenters. The maximum Gasteiger partial charge on any atom is 0.412 e. The molecule has 0 aliphatic carbocycles. The molecule has 0 radical (unpaired) electrons. The highest BCUT2D eigenvalue weighted by atomic mass is 35.5.